The fourth-order valence-corrected chi connectivity index (χ4v) is 5.01. The summed E-state index contributed by atoms with van der Waals surface area (Å²) >= 11 is 0. The number of fused-ring (bicyclic) bond motifs is 2. The minimum absolute atomic E-state index is 0.132. The zero-order valence-electron chi connectivity index (χ0n) is 20.6. The molecule has 5 N–H and O–H groups in total. The van der Waals surface area contributed by atoms with Crippen LogP contribution in [0.15, 0.2) is 36.4 Å². The van der Waals surface area contributed by atoms with Gasteiger partial charge in [0.2, 0.25) is 5.91 Å². The molecule has 2 aromatic carbocycles. The third-order valence-electron chi connectivity index (χ3n) is 6.87. The van der Waals surface area contributed by atoms with E-state index < -0.39 is 23.9 Å². The van der Waals surface area contributed by atoms with Gasteiger partial charge >= 0.3 is 0 Å². The first kappa shape index (κ1) is 24.7. The number of nitrogens with two attached hydrogens (primary N) is 2. The Morgan fingerprint density at radius 3 is 2.50 bits per heavy atom. The highest BCUT2D eigenvalue weighted by Crippen LogP contribution is 2.38. The van der Waals surface area contributed by atoms with Crippen molar-refractivity contribution >= 4 is 29.3 Å². The van der Waals surface area contributed by atoms with E-state index >= 15 is 0 Å². The molecule has 0 radical (unpaired) electrons. The van der Waals surface area contributed by atoms with Crippen molar-refractivity contribution in [1.82, 2.24) is 19.9 Å². The molecule has 13 heteroatoms. The maximum absolute atomic E-state index is 13.7. The summed E-state index contributed by atoms with van der Waals surface area (Å²) < 4.78 is 12.0. The molecular weight excluding hydrogens is 494 g/mol. The van der Waals surface area contributed by atoms with Crippen LogP contribution in [0.2, 0.25) is 0 Å². The van der Waals surface area contributed by atoms with Crippen LogP contribution in [0, 0.1) is 0 Å². The lowest BCUT2D eigenvalue weighted by molar-refractivity contribution is -0.121. The normalized spacial score (nSPS) is 18.6. The summed E-state index contributed by atoms with van der Waals surface area (Å²) in [6.45, 7) is 0.196. The predicted molar refractivity (Wildman–Crippen MR) is 134 cm³/mol. The molecule has 0 bridgehead atoms. The van der Waals surface area contributed by atoms with E-state index in [0.717, 1.165) is 11.1 Å². The number of carbonyl (C=O) groups is 4. The van der Waals surface area contributed by atoms with Gasteiger partial charge in [0.1, 0.15) is 17.5 Å². The van der Waals surface area contributed by atoms with E-state index in [1.165, 1.54) is 9.58 Å². The molecule has 2 aliphatic rings. The molecule has 3 aromatic rings. The molecular formula is C25H25N7O6. The number of amides is 4. The van der Waals surface area contributed by atoms with Crippen molar-refractivity contribution in [3.8, 4) is 22.6 Å². The Morgan fingerprint density at radius 1 is 1.03 bits per heavy atom. The number of benzene rings is 2. The quantitative estimate of drug-likeness (QED) is 0.430. The summed E-state index contributed by atoms with van der Waals surface area (Å²) in [5, 5.41) is 10.5. The second-order valence-electron chi connectivity index (χ2n) is 8.97. The third kappa shape index (κ3) is 4.07. The van der Waals surface area contributed by atoms with E-state index in [-0.39, 0.29) is 36.2 Å². The molecule has 196 valence electrons. The summed E-state index contributed by atoms with van der Waals surface area (Å²) in [5.41, 5.74) is 12.4. The van der Waals surface area contributed by atoms with Gasteiger partial charge in [0.05, 0.1) is 31.5 Å². The van der Waals surface area contributed by atoms with Crippen LogP contribution in [0.25, 0.3) is 11.1 Å². The minimum Gasteiger partial charge on any atom is -0.497 e. The maximum Gasteiger partial charge on any atom is 0.271 e. The second-order valence-corrected chi connectivity index (χ2v) is 8.97. The molecule has 1 fully saturated rings. The Kier molecular flexibility index (Phi) is 6.18. The van der Waals surface area contributed by atoms with E-state index in [1.807, 2.05) is 6.07 Å². The number of methoxy groups -OCH3 is 2. The number of aromatic nitrogens is 3. The molecule has 0 spiro atoms. The van der Waals surface area contributed by atoms with Crippen molar-refractivity contribution in [3.63, 3.8) is 0 Å². The summed E-state index contributed by atoms with van der Waals surface area (Å²) in [6.07, 6.45) is 0.477. The van der Waals surface area contributed by atoms with Crippen molar-refractivity contribution in [2.45, 2.75) is 24.9 Å². The van der Waals surface area contributed by atoms with Gasteiger partial charge < -0.3 is 31.2 Å². The van der Waals surface area contributed by atoms with Gasteiger partial charge in [-0.1, -0.05) is 11.3 Å². The molecule has 0 saturated carbocycles. The number of anilines is 1. The first-order valence-corrected chi connectivity index (χ1v) is 11.8. The third-order valence-corrected chi connectivity index (χ3v) is 6.87. The fourth-order valence-electron chi connectivity index (χ4n) is 5.01. The molecule has 0 unspecified atom stereocenters. The molecule has 0 aliphatic carbocycles. The van der Waals surface area contributed by atoms with Crippen molar-refractivity contribution in [3.05, 3.63) is 53.3 Å². The van der Waals surface area contributed by atoms with Gasteiger partial charge in [0, 0.05) is 18.2 Å². The lowest BCUT2D eigenvalue weighted by Crippen LogP contribution is -2.50. The van der Waals surface area contributed by atoms with Crippen LogP contribution in [-0.2, 0) is 4.79 Å². The summed E-state index contributed by atoms with van der Waals surface area (Å²) in [4.78, 5) is 52.1. The van der Waals surface area contributed by atoms with E-state index in [4.69, 9.17) is 20.9 Å². The molecule has 2 atom stereocenters. The summed E-state index contributed by atoms with van der Waals surface area (Å²) in [6, 6.07) is 9.21. The first-order valence-electron chi connectivity index (χ1n) is 11.8. The van der Waals surface area contributed by atoms with E-state index in [9.17, 15) is 19.2 Å². The number of hydrogen-bond acceptors (Lipinski definition) is 8. The van der Waals surface area contributed by atoms with Crippen LogP contribution in [0.3, 0.4) is 0 Å². The van der Waals surface area contributed by atoms with E-state index in [1.54, 1.807) is 44.6 Å². The highest BCUT2D eigenvalue weighted by molar-refractivity contribution is 6.10. The minimum atomic E-state index is -0.940. The molecule has 13 nitrogen and oxygen atoms in total. The van der Waals surface area contributed by atoms with E-state index in [0.29, 0.717) is 29.2 Å². The van der Waals surface area contributed by atoms with Gasteiger partial charge in [-0.05, 0) is 42.7 Å². The Morgan fingerprint density at radius 2 is 1.82 bits per heavy atom. The van der Waals surface area contributed by atoms with Gasteiger partial charge in [-0.2, -0.15) is 0 Å². The molecule has 3 heterocycles. The van der Waals surface area contributed by atoms with Gasteiger partial charge in [0.25, 0.3) is 17.7 Å². The van der Waals surface area contributed by atoms with Crippen molar-refractivity contribution < 1.29 is 28.7 Å². The molecule has 2 aliphatic heterocycles. The van der Waals surface area contributed by atoms with Crippen LogP contribution < -0.4 is 26.3 Å². The number of carbonyl (C=O) groups excluding carboxylic acids is 4. The molecule has 1 saturated heterocycles. The number of nitrogens with zero attached hydrogens (tertiary/aromatic N) is 4. The smallest absolute Gasteiger partial charge is 0.271 e. The first-order chi connectivity index (χ1) is 18.2. The van der Waals surface area contributed by atoms with Gasteiger partial charge in [-0.25, -0.2) is 4.68 Å². The number of nitrogens with one attached hydrogen (secondary N) is 1. The Bertz CT molecular complexity index is 1480. The Hall–Kier alpha value is -4.94. The SMILES string of the molecule is COc1ccc(-c2ccc3c(c2)C(=O)N2CC[C@H](n4nnc(C(N)=O)c4C(N)=O)C[C@H]2C(=O)N3)c(OC)c1. The number of primary amides is 2. The van der Waals surface area contributed by atoms with Crippen LogP contribution in [0.1, 0.15) is 50.2 Å². The lowest BCUT2D eigenvalue weighted by atomic mass is 9.95. The van der Waals surface area contributed by atoms with Crippen LogP contribution in [-0.4, -0.2) is 70.3 Å². The van der Waals surface area contributed by atoms with Crippen molar-refractivity contribution in [1.29, 1.82) is 0 Å². The number of rotatable bonds is 6. The largest absolute Gasteiger partial charge is 0.497 e. The van der Waals surface area contributed by atoms with Gasteiger partial charge in [-0.3, -0.25) is 19.2 Å². The Balaban J connectivity index is 1.47. The van der Waals surface area contributed by atoms with Crippen LogP contribution in [0.4, 0.5) is 5.69 Å². The average Bonchev–Trinajstić information content (AvgIpc) is 3.34. The molecule has 1 aromatic heterocycles. The zero-order chi connectivity index (χ0) is 27.1. The highest BCUT2D eigenvalue weighted by atomic mass is 16.5. The van der Waals surface area contributed by atoms with Gasteiger partial charge in [0.15, 0.2) is 11.4 Å². The number of ether oxygens (including phenoxy) is 2. The van der Waals surface area contributed by atoms with Gasteiger partial charge in [-0.15, -0.1) is 5.10 Å². The van der Waals surface area contributed by atoms with Crippen LogP contribution in [0.5, 0.6) is 11.5 Å². The number of piperidine rings is 1. The summed E-state index contributed by atoms with van der Waals surface area (Å²) in [5.74, 6) is -1.35. The molecule has 5 rings (SSSR count). The van der Waals surface area contributed by atoms with Crippen LogP contribution >= 0.6 is 0 Å². The fraction of sp³-hybridized carbons (Fsp3) is 0.280. The zero-order valence-corrected chi connectivity index (χ0v) is 20.6. The molecule has 38 heavy (non-hydrogen) atoms. The standard InChI is InChI=1S/C25H25N7O6/c1-37-14-4-5-15(19(11-14)38-2)12-3-6-17-16(9-12)25(36)31-8-7-13(10-18(31)24(35)28-17)32-21(23(27)34)20(22(26)33)29-30-32/h3-6,9,11,13,18H,7-8,10H2,1-2H3,(H2,26,33)(H2,27,34)(H,28,35)/t13-,18-/m0/s1. The summed E-state index contributed by atoms with van der Waals surface area (Å²) in [7, 11) is 3.11. The second kappa shape index (κ2) is 9.50. The topological polar surface area (TPSA) is 185 Å². The predicted octanol–water partition coefficient (Wildman–Crippen LogP) is 0.958. The van der Waals surface area contributed by atoms with Crippen molar-refractivity contribution in [2.24, 2.45) is 11.5 Å². The monoisotopic (exact) mass is 519 g/mol. The highest BCUT2D eigenvalue weighted by Gasteiger charge is 2.42. The number of hydrogen-bond donors (Lipinski definition) is 3. The average molecular weight is 520 g/mol. The van der Waals surface area contributed by atoms with E-state index in [2.05, 4.69) is 15.6 Å². The molecule has 4 amide bonds. The Labute approximate surface area is 216 Å². The van der Waals surface area contributed by atoms with Crippen molar-refractivity contribution in [2.75, 3.05) is 26.1 Å². The maximum atomic E-state index is 13.7. The lowest BCUT2D eigenvalue weighted by Gasteiger charge is -2.37.